The van der Waals surface area contributed by atoms with Gasteiger partial charge in [-0.15, -0.1) is 0 Å². The second-order valence-electron chi connectivity index (χ2n) is 8.80. The van der Waals surface area contributed by atoms with Crippen molar-refractivity contribution in [3.05, 3.63) is 63.7 Å². The largest absolute Gasteiger partial charge is 0.490 e. The van der Waals surface area contributed by atoms with Crippen molar-refractivity contribution < 1.29 is 24.0 Å². The lowest BCUT2D eigenvalue weighted by Crippen LogP contribution is -2.52. The summed E-state index contributed by atoms with van der Waals surface area (Å²) in [6, 6.07) is 11.4. The number of hydrogen-bond acceptors (Lipinski definition) is 6. The molecule has 0 bridgehead atoms. The van der Waals surface area contributed by atoms with Crippen molar-refractivity contribution in [1.82, 2.24) is 10.2 Å². The highest BCUT2D eigenvalue weighted by Crippen LogP contribution is 2.31. The summed E-state index contributed by atoms with van der Waals surface area (Å²) in [7, 11) is 1.33. The molecule has 9 heteroatoms. The molecule has 1 aliphatic rings. The molecule has 1 aliphatic carbocycles. The number of benzene rings is 2. The number of nitro groups is 1. The molecule has 2 aromatic rings. The van der Waals surface area contributed by atoms with Crippen LogP contribution in [0.5, 0.6) is 11.5 Å². The molecule has 2 amide bonds. The van der Waals surface area contributed by atoms with E-state index < -0.39 is 11.0 Å². The summed E-state index contributed by atoms with van der Waals surface area (Å²) in [4.78, 5) is 38.6. The van der Waals surface area contributed by atoms with Crippen LogP contribution in [0.2, 0.25) is 0 Å². The molecular weight excluding hydrogens is 450 g/mol. The van der Waals surface area contributed by atoms with Gasteiger partial charge in [-0.1, -0.05) is 49.6 Å². The van der Waals surface area contributed by atoms with E-state index in [1.54, 1.807) is 4.90 Å². The number of carbonyl (C=O) groups excluding carboxylic acids is 2. The third kappa shape index (κ3) is 6.94. The standard InChI is InChI=1S/C26H33N3O6/c1-4-22(26(31)27-20-7-5-6-8-20)28(16-19-11-9-18(2)10-12-19)25(30)17-35-21-13-14-23(29(32)33)24(15-21)34-3/h9-15,20,22H,4-8,16-17H2,1-3H3,(H,27,31). The van der Waals surface area contributed by atoms with Gasteiger partial charge in [-0.05, 0) is 37.8 Å². The molecular formula is C26H33N3O6. The first-order valence-electron chi connectivity index (χ1n) is 11.9. The fraction of sp³-hybridized carbons (Fsp3) is 0.462. The maximum Gasteiger partial charge on any atom is 0.311 e. The number of rotatable bonds is 11. The average molecular weight is 484 g/mol. The van der Waals surface area contributed by atoms with Gasteiger partial charge in [0.05, 0.1) is 12.0 Å². The molecule has 0 radical (unpaired) electrons. The Kier molecular flexibility index (Phi) is 9.05. The van der Waals surface area contributed by atoms with Crippen LogP contribution in [0.3, 0.4) is 0 Å². The number of nitrogens with zero attached hydrogens (tertiary/aromatic N) is 2. The summed E-state index contributed by atoms with van der Waals surface area (Å²) in [6.45, 7) is 3.82. The van der Waals surface area contributed by atoms with Crippen molar-refractivity contribution in [1.29, 1.82) is 0 Å². The number of nitro benzene ring substituents is 1. The van der Waals surface area contributed by atoms with E-state index in [9.17, 15) is 19.7 Å². The number of hydrogen-bond donors (Lipinski definition) is 1. The lowest BCUT2D eigenvalue weighted by molar-refractivity contribution is -0.385. The van der Waals surface area contributed by atoms with Crippen LogP contribution in [0.25, 0.3) is 0 Å². The molecule has 0 aliphatic heterocycles. The number of ether oxygens (including phenoxy) is 2. The smallest absolute Gasteiger partial charge is 0.311 e. The first-order valence-corrected chi connectivity index (χ1v) is 11.9. The minimum absolute atomic E-state index is 0.0406. The van der Waals surface area contributed by atoms with Crippen LogP contribution in [-0.2, 0) is 16.1 Å². The van der Waals surface area contributed by atoms with Crippen LogP contribution in [0.4, 0.5) is 5.69 Å². The van der Waals surface area contributed by atoms with Crippen molar-refractivity contribution in [2.24, 2.45) is 0 Å². The fourth-order valence-electron chi connectivity index (χ4n) is 4.30. The topological polar surface area (TPSA) is 111 Å². The molecule has 1 unspecified atom stereocenters. The summed E-state index contributed by atoms with van der Waals surface area (Å²) in [5.74, 6) is -0.202. The Hall–Kier alpha value is -3.62. The average Bonchev–Trinajstić information content (AvgIpc) is 3.36. The molecule has 3 rings (SSSR count). The van der Waals surface area contributed by atoms with Crippen LogP contribution in [0.1, 0.15) is 50.2 Å². The van der Waals surface area contributed by atoms with Gasteiger partial charge in [0.25, 0.3) is 5.91 Å². The summed E-state index contributed by atoms with van der Waals surface area (Å²) in [6.07, 6.45) is 4.57. The van der Waals surface area contributed by atoms with Crippen molar-refractivity contribution in [3.63, 3.8) is 0 Å². The first-order chi connectivity index (χ1) is 16.8. The normalized spacial score (nSPS) is 14.3. The molecule has 188 valence electrons. The molecule has 1 fully saturated rings. The lowest BCUT2D eigenvalue weighted by atomic mass is 10.1. The quantitative estimate of drug-likeness (QED) is 0.380. The maximum atomic E-state index is 13.3. The summed E-state index contributed by atoms with van der Waals surface area (Å²) >= 11 is 0. The molecule has 9 nitrogen and oxygen atoms in total. The van der Waals surface area contributed by atoms with Gasteiger partial charge in [0.1, 0.15) is 11.8 Å². The number of carbonyl (C=O) groups is 2. The first kappa shape index (κ1) is 26.0. The van der Waals surface area contributed by atoms with E-state index in [4.69, 9.17) is 9.47 Å². The van der Waals surface area contributed by atoms with Gasteiger partial charge in [0.15, 0.2) is 6.61 Å². The Balaban J connectivity index is 1.77. The van der Waals surface area contributed by atoms with Gasteiger partial charge in [-0.3, -0.25) is 19.7 Å². The Morgan fingerprint density at radius 1 is 1.17 bits per heavy atom. The van der Waals surface area contributed by atoms with E-state index in [2.05, 4.69) is 5.32 Å². The van der Waals surface area contributed by atoms with E-state index in [-0.39, 0.29) is 48.2 Å². The molecule has 0 heterocycles. The zero-order valence-corrected chi connectivity index (χ0v) is 20.5. The number of nitrogens with one attached hydrogen (secondary N) is 1. The minimum atomic E-state index is -0.639. The predicted molar refractivity (Wildman–Crippen MR) is 131 cm³/mol. The molecule has 1 atom stereocenters. The van der Waals surface area contributed by atoms with Crippen LogP contribution in [0, 0.1) is 17.0 Å². The molecule has 1 saturated carbocycles. The number of methoxy groups -OCH3 is 1. The Labute approximate surface area is 205 Å². The highest BCUT2D eigenvalue weighted by Gasteiger charge is 2.31. The van der Waals surface area contributed by atoms with Gasteiger partial charge in [0.2, 0.25) is 11.7 Å². The number of amides is 2. The van der Waals surface area contributed by atoms with Crippen LogP contribution in [0.15, 0.2) is 42.5 Å². The summed E-state index contributed by atoms with van der Waals surface area (Å²) in [5, 5.41) is 14.2. The van der Waals surface area contributed by atoms with Gasteiger partial charge in [-0.25, -0.2) is 0 Å². The summed E-state index contributed by atoms with van der Waals surface area (Å²) < 4.78 is 10.7. The highest BCUT2D eigenvalue weighted by atomic mass is 16.6. The second kappa shape index (κ2) is 12.2. The minimum Gasteiger partial charge on any atom is -0.490 e. The zero-order valence-electron chi connectivity index (χ0n) is 20.5. The third-order valence-corrected chi connectivity index (χ3v) is 6.27. The predicted octanol–water partition coefficient (Wildman–Crippen LogP) is 4.16. The van der Waals surface area contributed by atoms with Crippen molar-refractivity contribution in [3.8, 4) is 11.5 Å². The zero-order chi connectivity index (χ0) is 25.4. The van der Waals surface area contributed by atoms with Crippen molar-refractivity contribution in [2.75, 3.05) is 13.7 Å². The second-order valence-corrected chi connectivity index (χ2v) is 8.80. The highest BCUT2D eigenvalue weighted by molar-refractivity contribution is 5.88. The van der Waals surface area contributed by atoms with E-state index >= 15 is 0 Å². The fourth-order valence-corrected chi connectivity index (χ4v) is 4.30. The Morgan fingerprint density at radius 3 is 2.46 bits per heavy atom. The van der Waals surface area contributed by atoms with E-state index in [1.807, 2.05) is 38.1 Å². The molecule has 1 N–H and O–H groups in total. The molecule has 0 saturated heterocycles. The molecule has 2 aromatic carbocycles. The Bertz CT molecular complexity index is 1030. The van der Waals surface area contributed by atoms with E-state index in [0.717, 1.165) is 36.8 Å². The summed E-state index contributed by atoms with van der Waals surface area (Å²) in [5.41, 5.74) is 1.82. The SMILES string of the molecule is CCC(C(=O)NC1CCCC1)N(Cc1ccc(C)cc1)C(=O)COc1ccc([N+](=O)[O-])c(OC)c1. The van der Waals surface area contributed by atoms with Crippen LogP contribution in [-0.4, -0.2) is 47.4 Å². The Morgan fingerprint density at radius 2 is 1.86 bits per heavy atom. The van der Waals surface area contributed by atoms with Crippen molar-refractivity contribution >= 4 is 17.5 Å². The third-order valence-electron chi connectivity index (χ3n) is 6.27. The van der Waals surface area contributed by atoms with Crippen LogP contribution >= 0.6 is 0 Å². The number of aryl methyl sites for hydroxylation is 1. The lowest BCUT2D eigenvalue weighted by Gasteiger charge is -2.31. The molecule has 0 aromatic heterocycles. The molecule has 35 heavy (non-hydrogen) atoms. The van der Waals surface area contributed by atoms with E-state index in [0.29, 0.717) is 6.42 Å². The van der Waals surface area contributed by atoms with Crippen molar-refractivity contribution in [2.45, 2.75) is 64.6 Å². The van der Waals surface area contributed by atoms with Gasteiger partial charge < -0.3 is 19.7 Å². The van der Waals surface area contributed by atoms with Gasteiger partial charge >= 0.3 is 5.69 Å². The van der Waals surface area contributed by atoms with Gasteiger partial charge in [-0.2, -0.15) is 0 Å². The monoisotopic (exact) mass is 483 g/mol. The van der Waals surface area contributed by atoms with Gasteiger partial charge in [0, 0.05) is 24.7 Å². The van der Waals surface area contributed by atoms with E-state index in [1.165, 1.54) is 25.3 Å². The van der Waals surface area contributed by atoms with Crippen LogP contribution < -0.4 is 14.8 Å². The maximum absolute atomic E-state index is 13.3. The molecule has 0 spiro atoms.